The molecule has 1 aromatic carbocycles. The fourth-order valence-corrected chi connectivity index (χ4v) is 5.50. The second-order valence-corrected chi connectivity index (χ2v) is 10.3. The number of carbonyl (C=O) groups excluding carboxylic acids is 1. The molecule has 1 amide bonds. The van der Waals surface area contributed by atoms with Gasteiger partial charge in [-0.25, -0.2) is 18.6 Å². The molecule has 1 aliphatic carbocycles. The molecule has 0 saturated heterocycles. The summed E-state index contributed by atoms with van der Waals surface area (Å²) in [6, 6.07) is 6.90. The van der Waals surface area contributed by atoms with Crippen molar-refractivity contribution >= 4 is 23.2 Å². The Kier molecular flexibility index (Phi) is 8.78. The van der Waals surface area contributed by atoms with Gasteiger partial charge in [-0.1, -0.05) is 6.92 Å². The predicted octanol–water partition coefficient (Wildman–Crippen LogP) is 4.40. The maximum Gasteiger partial charge on any atom is 0.407 e. The zero-order valence-electron chi connectivity index (χ0n) is 23.5. The van der Waals surface area contributed by atoms with E-state index in [0.29, 0.717) is 23.6 Å². The van der Waals surface area contributed by atoms with Gasteiger partial charge in [0, 0.05) is 37.5 Å². The van der Waals surface area contributed by atoms with Gasteiger partial charge in [-0.3, -0.25) is 4.98 Å². The van der Waals surface area contributed by atoms with Crippen LogP contribution in [0.2, 0.25) is 0 Å². The second-order valence-electron chi connectivity index (χ2n) is 10.3. The van der Waals surface area contributed by atoms with Gasteiger partial charge in [-0.15, -0.1) is 0 Å². The van der Waals surface area contributed by atoms with Crippen molar-refractivity contribution in [3.8, 4) is 17.0 Å². The van der Waals surface area contributed by atoms with E-state index in [-0.39, 0.29) is 54.1 Å². The highest BCUT2D eigenvalue weighted by atomic mass is 19.1. The molecule has 0 spiro atoms. The number of rotatable bonds is 9. The van der Waals surface area contributed by atoms with E-state index < -0.39 is 17.7 Å². The number of pyridine rings is 1. The van der Waals surface area contributed by atoms with Crippen LogP contribution in [-0.2, 0) is 9.47 Å². The van der Waals surface area contributed by atoms with E-state index in [1.165, 1.54) is 24.8 Å². The number of fused-ring (bicyclic) bond motifs is 1. The van der Waals surface area contributed by atoms with Gasteiger partial charge in [0.05, 0.1) is 48.6 Å². The van der Waals surface area contributed by atoms with Gasteiger partial charge >= 0.3 is 6.09 Å². The van der Waals surface area contributed by atoms with Crippen molar-refractivity contribution in [1.82, 2.24) is 24.9 Å². The van der Waals surface area contributed by atoms with Crippen LogP contribution in [0.3, 0.4) is 0 Å². The lowest BCUT2D eigenvalue weighted by Crippen LogP contribution is -2.54. The number of amides is 1. The van der Waals surface area contributed by atoms with Gasteiger partial charge in [0.25, 0.3) is 0 Å². The quantitative estimate of drug-likeness (QED) is 0.246. The minimum Gasteiger partial charge on any atom is -0.491 e. The highest BCUT2D eigenvalue weighted by Gasteiger charge is 2.36. The molecule has 4 atom stereocenters. The summed E-state index contributed by atoms with van der Waals surface area (Å²) in [6.07, 6.45) is 5.91. The molecule has 3 heterocycles. The number of benzene rings is 1. The summed E-state index contributed by atoms with van der Waals surface area (Å²) in [5, 5.41) is 10.6. The van der Waals surface area contributed by atoms with Gasteiger partial charge in [0.1, 0.15) is 24.0 Å². The Morgan fingerprint density at radius 2 is 1.90 bits per heavy atom. The van der Waals surface area contributed by atoms with E-state index in [9.17, 15) is 4.79 Å². The summed E-state index contributed by atoms with van der Waals surface area (Å²) < 4.78 is 46.6. The van der Waals surface area contributed by atoms with Gasteiger partial charge in [-0.2, -0.15) is 9.61 Å². The summed E-state index contributed by atoms with van der Waals surface area (Å²) in [4.78, 5) is 20.5. The number of hydrogen-bond donors (Lipinski definition) is 3. The summed E-state index contributed by atoms with van der Waals surface area (Å²) >= 11 is 0. The molecule has 5 rings (SSSR count). The Balaban J connectivity index is 1.40. The molecular formula is C29H33F2N7O4. The van der Waals surface area contributed by atoms with E-state index in [1.54, 1.807) is 24.7 Å². The van der Waals surface area contributed by atoms with Gasteiger partial charge in [-0.05, 0) is 48.4 Å². The normalized spacial score (nSPS) is 20.3. The van der Waals surface area contributed by atoms with Crippen LogP contribution >= 0.6 is 0 Å². The highest BCUT2D eigenvalue weighted by molar-refractivity contribution is 5.68. The summed E-state index contributed by atoms with van der Waals surface area (Å²) in [5.74, 6) is -1.03. The van der Waals surface area contributed by atoms with E-state index >= 15 is 8.78 Å². The Labute approximate surface area is 241 Å². The monoisotopic (exact) mass is 581 g/mol. The number of halogens is 2. The van der Waals surface area contributed by atoms with Crippen molar-refractivity contribution < 1.29 is 27.8 Å². The summed E-state index contributed by atoms with van der Waals surface area (Å²) in [6.45, 7) is 2.50. The van der Waals surface area contributed by atoms with E-state index in [2.05, 4.69) is 25.7 Å². The molecule has 1 fully saturated rings. The lowest BCUT2D eigenvalue weighted by atomic mass is 9.73. The molecule has 1 saturated carbocycles. The largest absolute Gasteiger partial charge is 0.491 e. The van der Waals surface area contributed by atoms with Gasteiger partial charge in [0.2, 0.25) is 5.95 Å². The van der Waals surface area contributed by atoms with E-state index in [0.717, 1.165) is 24.1 Å². The zero-order valence-corrected chi connectivity index (χ0v) is 23.5. The number of imidazole rings is 1. The molecule has 0 aliphatic heterocycles. The third kappa shape index (κ3) is 6.11. The smallest absolute Gasteiger partial charge is 0.407 e. The number of aromatic nitrogens is 4. The lowest BCUT2D eigenvalue weighted by molar-refractivity contribution is 0.146. The van der Waals surface area contributed by atoms with Gasteiger partial charge in [0.15, 0.2) is 0 Å². The molecule has 3 aromatic heterocycles. The third-order valence-corrected chi connectivity index (χ3v) is 7.51. The standard InChI is InChI=1S/C29H33F2N7O4/c1-16-10-17(11-23(32)27(16)36-29(39)41-3)20-6-7-33-15-25(20)35-28-34-14-18-4-5-24(37-38(18)28)26-21(30)12-19(13-22(26)31)42-9-8-40-2/h4-7,12-17,23,27H,8-11,32H2,1-3H3,(H,34,35)(H,36,39). The van der Waals surface area contributed by atoms with Crippen molar-refractivity contribution in [2.45, 2.75) is 37.8 Å². The van der Waals surface area contributed by atoms with Crippen LogP contribution in [0.15, 0.2) is 48.9 Å². The zero-order chi connectivity index (χ0) is 29.8. The maximum atomic E-state index is 15.0. The number of nitrogens with zero attached hydrogens (tertiary/aromatic N) is 4. The van der Waals surface area contributed by atoms with Crippen molar-refractivity contribution in [3.05, 3.63) is 66.1 Å². The molecule has 1 aliphatic rings. The van der Waals surface area contributed by atoms with E-state index in [1.807, 2.05) is 13.0 Å². The number of methoxy groups -OCH3 is 2. The Morgan fingerprint density at radius 1 is 1.12 bits per heavy atom. The molecule has 13 heteroatoms. The van der Waals surface area contributed by atoms with Crippen LogP contribution < -0.4 is 21.1 Å². The SMILES string of the molecule is COCCOc1cc(F)c(-c2ccc3cnc(Nc4cnccc4C4CC(C)C(NC(=O)OC)C(N)C4)n3n2)c(F)c1. The summed E-state index contributed by atoms with van der Waals surface area (Å²) in [7, 11) is 2.84. The first-order valence-electron chi connectivity index (χ1n) is 13.6. The first-order valence-corrected chi connectivity index (χ1v) is 13.6. The molecule has 0 bridgehead atoms. The summed E-state index contributed by atoms with van der Waals surface area (Å²) in [5.41, 5.74) is 8.61. The Morgan fingerprint density at radius 3 is 2.62 bits per heavy atom. The average Bonchev–Trinajstić information content (AvgIpc) is 3.36. The molecule has 11 nitrogen and oxygen atoms in total. The molecule has 4 unspecified atom stereocenters. The lowest BCUT2D eigenvalue weighted by Gasteiger charge is -2.39. The van der Waals surface area contributed by atoms with Gasteiger partial charge < -0.3 is 30.6 Å². The van der Waals surface area contributed by atoms with Crippen LogP contribution in [-0.4, -0.2) is 65.2 Å². The molecule has 4 aromatic rings. The first kappa shape index (κ1) is 29.1. The van der Waals surface area contributed by atoms with Crippen LogP contribution in [0.5, 0.6) is 5.75 Å². The average molecular weight is 582 g/mol. The molecule has 222 valence electrons. The maximum absolute atomic E-state index is 15.0. The number of alkyl carbamates (subject to hydrolysis) is 1. The van der Waals surface area contributed by atoms with Crippen LogP contribution in [0, 0.1) is 17.6 Å². The number of hydrogen-bond acceptors (Lipinski definition) is 9. The number of anilines is 2. The van der Waals surface area contributed by atoms with Crippen LogP contribution in [0.25, 0.3) is 16.8 Å². The van der Waals surface area contributed by atoms with Crippen LogP contribution in [0.1, 0.15) is 31.2 Å². The number of carbonyl (C=O) groups is 1. The fourth-order valence-electron chi connectivity index (χ4n) is 5.50. The second kappa shape index (κ2) is 12.7. The highest BCUT2D eigenvalue weighted by Crippen LogP contribution is 2.39. The number of ether oxygens (including phenoxy) is 3. The number of nitrogens with two attached hydrogens (primary N) is 1. The van der Waals surface area contributed by atoms with Crippen molar-refractivity contribution in [1.29, 1.82) is 0 Å². The van der Waals surface area contributed by atoms with Crippen LogP contribution in [0.4, 0.5) is 25.2 Å². The van der Waals surface area contributed by atoms with E-state index in [4.69, 9.17) is 19.9 Å². The fraction of sp³-hybridized carbons (Fsp3) is 0.379. The molecule has 0 radical (unpaired) electrons. The van der Waals surface area contributed by atoms with Crippen molar-refractivity contribution in [3.63, 3.8) is 0 Å². The third-order valence-electron chi connectivity index (χ3n) is 7.51. The molecule has 4 N–H and O–H groups in total. The molecule has 42 heavy (non-hydrogen) atoms. The predicted molar refractivity (Wildman–Crippen MR) is 152 cm³/mol. The first-order chi connectivity index (χ1) is 20.3. The number of nitrogens with one attached hydrogen (secondary N) is 2. The molecular weight excluding hydrogens is 548 g/mol. The van der Waals surface area contributed by atoms with Crippen molar-refractivity contribution in [2.24, 2.45) is 11.7 Å². The topological polar surface area (TPSA) is 138 Å². The Bertz CT molecular complexity index is 1530. The van der Waals surface area contributed by atoms with Crippen molar-refractivity contribution in [2.75, 3.05) is 32.8 Å². The Hall–Kier alpha value is -4.36. The minimum absolute atomic E-state index is 0.0603. The minimum atomic E-state index is -0.804.